The van der Waals surface area contributed by atoms with Crippen LogP contribution in [0.15, 0.2) is 46.3 Å². The Hall–Kier alpha value is -3.00. The summed E-state index contributed by atoms with van der Waals surface area (Å²) in [6, 6.07) is 11.2. The number of benzene rings is 1. The van der Waals surface area contributed by atoms with E-state index in [1.54, 1.807) is 11.8 Å². The molecule has 1 amide bonds. The number of hydrogen-bond donors (Lipinski definition) is 0. The summed E-state index contributed by atoms with van der Waals surface area (Å²) in [7, 11) is 0. The van der Waals surface area contributed by atoms with Crippen molar-refractivity contribution in [3.05, 3.63) is 63.9 Å². The Morgan fingerprint density at radius 3 is 2.71 bits per heavy atom. The van der Waals surface area contributed by atoms with E-state index in [4.69, 9.17) is 9.26 Å². The fraction of sp³-hybridized carbons (Fsp3) is 0.300. The van der Waals surface area contributed by atoms with Crippen LogP contribution in [0.5, 0.6) is 0 Å². The standard InChI is InChI=1S/C20H19N3O4S/c1-12-5-7-14(8-6-12)23-18(24)10-15(19(23)16-4-3-9-28-16)20(25)26-11-17-21-13(2)22-27-17/h3-9,15,19H,10-11H2,1-2H3. The van der Waals surface area contributed by atoms with Gasteiger partial charge in [-0.1, -0.05) is 28.9 Å². The van der Waals surface area contributed by atoms with Crippen LogP contribution in [-0.4, -0.2) is 22.0 Å². The van der Waals surface area contributed by atoms with Crippen molar-refractivity contribution in [1.29, 1.82) is 0 Å². The molecule has 1 saturated heterocycles. The summed E-state index contributed by atoms with van der Waals surface area (Å²) in [4.78, 5) is 32.3. The molecule has 2 aromatic heterocycles. The number of rotatable bonds is 5. The summed E-state index contributed by atoms with van der Waals surface area (Å²) in [6.45, 7) is 3.58. The SMILES string of the molecule is Cc1ccc(N2C(=O)CC(C(=O)OCc3nc(C)no3)C2c2cccs2)cc1. The fourth-order valence-corrected chi connectivity index (χ4v) is 4.26. The first-order valence-electron chi connectivity index (χ1n) is 8.91. The molecule has 0 spiro atoms. The summed E-state index contributed by atoms with van der Waals surface area (Å²) < 4.78 is 10.4. The zero-order chi connectivity index (χ0) is 19.7. The number of thiophene rings is 1. The molecular weight excluding hydrogens is 378 g/mol. The van der Waals surface area contributed by atoms with Crippen molar-refractivity contribution in [3.8, 4) is 0 Å². The molecule has 4 rings (SSSR count). The van der Waals surface area contributed by atoms with Crippen LogP contribution in [0.2, 0.25) is 0 Å². The molecule has 7 nitrogen and oxygen atoms in total. The summed E-state index contributed by atoms with van der Waals surface area (Å²) in [5.41, 5.74) is 1.88. The molecule has 2 unspecified atom stereocenters. The second-order valence-electron chi connectivity index (χ2n) is 6.71. The monoisotopic (exact) mass is 397 g/mol. The zero-order valence-corrected chi connectivity index (χ0v) is 16.3. The van der Waals surface area contributed by atoms with Crippen molar-refractivity contribution >= 4 is 28.9 Å². The van der Waals surface area contributed by atoms with E-state index in [2.05, 4.69) is 10.1 Å². The van der Waals surface area contributed by atoms with Gasteiger partial charge in [-0.25, -0.2) is 0 Å². The highest BCUT2D eigenvalue weighted by Gasteiger charge is 2.46. The second-order valence-corrected chi connectivity index (χ2v) is 7.69. The maximum Gasteiger partial charge on any atom is 0.312 e. The maximum atomic E-state index is 12.8. The number of aryl methyl sites for hydroxylation is 2. The minimum atomic E-state index is -0.600. The van der Waals surface area contributed by atoms with Gasteiger partial charge in [-0.15, -0.1) is 11.3 Å². The molecule has 0 N–H and O–H groups in total. The minimum Gasteiger partial charge on any atom is -0.455 e. The van der Waals surface area contributed by atoms with Gasteiger partial charge in [0.15, 0.2) is 12.4 Å². The predicted octanol–water partition coefficient (Wildman–Crippen LogP) is 3.59. The van der Waals surface area contributed by atoms with Crippen LogP contribution in [0, 0.1) is 19.8 Å². The molecule has 28 heavy (non-hydrogen) atoms. The largest absolute Gasteiger partial charge is 0.455 e. The molecule has 0 bridgehead atoms. The highest BCUT2D eigenvalue weighted by Crippen LogP contribution is 2.43. The molecule has 144 valence electrons. The van der Waals surface area contributed by atoms with Crippen molar-refractivity contribution in [2.24, 2.45) is 5.92 Å². The molecule has 1 aliphatic rings. The molecule has 0 saturated carbocycles. The third-order valence-electron chi connectivity index (χ3n) is 4.68. The van der Waals surface area contributed by atoms with Gasteiger partial charge in [0.2, 0.25) is 5.91 Å². The van der Waals surface area contributed by atoms with E-state index >= 15 is 0 Å². The van der Waals surface area contributed by atoms with Gasteiger partial charge in [0.25, 0.3) is 5.89 Å². The number of carbonyl (C=O) groups excluding carboxylic acids is 2. The molecule has 1 aliphatic heterocycles. The van der Waals surface area contributed by atoms with E-state index in [1.165, 1.54) is 11.3 Å². The lowest BCUT2D eigenvalue weighted by molar-refractivity contribution is -0.151. The Morgan fingerprint density at radius 2 is 2.07 bits per heavy atom. The molecule has 0 aliphatic carbocycles. The lowest BCUT2D eigenvalue weighted by Crippen LogP contribution is -2.30. The fourth-order valence-electron chi connectivity index (χ4n) is 3.38. The predicted molar refractivity (Wildman–Crippen MR) is 103 cm³/mol. The first-order valence-corrected chi connectivity index (χ1v) is 9.79. The Labute approximate surface area is 165 Å². The Balaban J connectivity index is 1.60. The van der Waals surface area contributed by atoms with Gasteiger partial charge in [0, 0.05) is 17.0 Å². The molecule has 8 heteroatoms. The normalized spacial score (nSPS) is 19.2. The summed E-state index contributed by atoms with van der Waals surface area (Å²) in [5.74, 6) is -0.436. The Bertz CT molecular complexity index is 981. The number of ether oxygens (including phenoxy) is 1. The number of amides is 1. The van der Waals surface area contributed by atoms with Crippen molar-refractivity contribution in [2.75, 3.05) is 4.90 Å². The van der Waals surface area contributed by atoms with Crippen molar-refractivity contribution in [2.45, 2.75) is 32.9 Å². The molecule has 0 radical (unpaired) electrons. The molecule has 1 fully saturated rings. The van der Waals surface area contributed by atoms with Gasteiger partial charge in [0.1, 0.15) is 0 Å². The first kappa shape index (κ1) is 18.4. The average Bonchev–Trinajstić information content (AvgIpc) is 3.40. The highest BCUT2D eigenvalue weighted by atomic mass is 32.1. The third kappa shape index (κ3) is 3.55. The Morgan fingerprint density at radius 1 is 1.29 bits per heavy atom. The molecule has 3 aromatic rings. The van der Waals surface area contributed by atoms with E-state index in [0.29, 0.717) is 5.82 Å². The van der Waals surface area contributed by atoms with Crippen molar-refractivity contribution < 1.29 is 18.8 Å². The van der Waals surface area contributed by atoms with Crippen molar-refractivity contribution in [1.82, 2.24) is 10.1 Å². The summed E-state index contributed by atoms with van der Waals surface area (Å²) in [5, 5.41) is 5.62. The maximum absolute atomic E-state index is 12.8. The van der Waals surface area contributed by atoms with Gasteiger partial charge >= 0.3 is 5.97 Å². The molecule has 1 aromatic carbocycles. The number of anilines is 1. The highest BCUT2D eigenvalue weighted by molar-refractivity contribution is 7.10. The quantitative estimate of drug-likeness (QED) is 0.612. The number of carbonyl (C=O) groups is 2. The van der Waals surface area contributed by atoms with E-state index in [1.807, 2.05) is 48.7 Å². The van der Waals surface area contributed by atoms with Gasteiger partial charge in [0.05, 0.1) is 12.0 Å². The van der Waals surface area contributed by atoms with Crippen molar-refractivity contribution in [3.63, 3.8) is 0 Å². The van der Waals surface area contributed by atoms with Crippen LogP contribution < -0.4 is 4.90 Å². The summed E-state index contributed by atoms with van der Waals surface area (Å²) >= 11 is 1.52. The molecule has 3 heterocycles. The first-order chi connectivity index (χ1) is 13.5. The summed E-state index contributed by atoms with van der Waals surface area (Å²) in [6.07, 6.45) is 0.0954. The topological polar surface area (TPSA) is 85.5 Å². The van der Waals surface area contributed by atoms with Crippen LogP contribution >= 0.6 is 11.3 Å². The van der Waals surface area contributed by atoms with Gasteiger partial charge in [-0.3, -0.25) is 9.59 Å². The van der Waals surface area contributed by atoms with Gasteiger partial charge in [-0.05, 0) is 37.4 Å². The van der Waals surface area contributed by atoms with Crippen LogP contribution in [0.3, 0.4) is 0 Å². The number of hydrogen-bond acceptors (Lipinski definition) is 7. The lowest BCUT2D eigenvalue weighted by Gasteiger charge is -2.27. The average molecular weight is 397 g/mol. The van der Waals surface area contributed by atoms with E-state index in [0.717, 1.165) is 16.1 Å². The molecular formula is C20H19N3O4S. The third-order valence-corrected chi connectivity index (χ3v) is 5.62. The Kier molecular flexibility index (Phi) is 4.95. The van der Waals surface area contributed by atoms with Gasteiger partial charge < -0.3 is 14.2 Å². The van der Waals surface area contributed by atoms with E-state index in [-0.39, 0.29) is 24.8 Å². The van der Waals surface area contributed by atoms with E-state index in [9.17, 15) is 9.59 Å². The van der Waals surface area contributed by atoms with Crippen LogP contribution in [-0.2, 0) is 20.9 Å². The number of aromatic nitrogens is 2. The van der Waals surface area contributed by atoms with Crippen LogP contribution in [0.1, 0.15) is 34.6 Å². The zero-order valence-electron chi connectivity index (χ0n) is 15.5. The smallest absolute Gasteiger partial charge is 0.312 e. The number of esters is 1. The number of nitrogens with zero attached hydrogens (tertiary/aromatic N) is 3. The van der Waals surface area contributed by atoms with Crippen LogP contribution in [0.4, 0.5) is 5.69 Å². The van der Waals surface area contributed by atoms with Gasteiger partial charge in [-0.2, -0.15) is 4.98 Å². The second kappa shape index (κ2) is 7.55. The van der Waals surface area contributed by atoms with E-state index < -0.39 is 17.9 Å². The lowest BCUT2D eigenvalue weighted by atomic mass is 9.99. The van der Waals surface area contributed by atoms with Crippen LogP contribution in [0.25, 0.3) is 0 Å². The molecule has 2 atom stereocenters. The minimum absolute atomic E-state index is 0.0954.